The Labute approximate surface area is 239 Å². The van der Waals surface area contributed by atoms with Gasteiger partial charge in [0, 0.05) is 22.6 Å². The van der Waals surface area contributed by atoms with Crippen LogP contribution in [-0.4, -0.2) is 22.7 Å². The number of halogens is 4. The molecule has 0 bridgehead atoms. The van der Waals surface area contributed by atoms with Gasteiger partial charge in [-0.2, -0.15) is 13.2 Å². The molecule has 0 aromatic heterocycles. The van der Waals surface area contributed by atoms with Gasteiger partial charge in [-0.1, -0.05) is 35.4 Å². The minimum Gasteiger partial charge on any atom is -0.322 e. The van der Waals surface area contributed by atoms with Crippen molar-refractivity contribution in [2.45, 2.75) is 22.9 Å². The van der Waals surface area contributed by atoms with E-state index in [9.17, 15) is 34.8 Å². The lowest BCUT2D eigenvalue weighted by Gasteiger charge is -2.13. The molecule has 1 amide bonds. The van der Waals surface area contributed by atoms with E-state index in [1.54, 1.807) is 12.1 Å². The predicted octanol–water partition coefficient (Wildman–Crippen LogP) is 6.52. The standard InChI is InChI=1S/C27H21ClF3N3O5S2/c1-17-5-10-22(11-6-17)40(36,37)33-20-4-2-3-18(15-20)26(35)32-19-7-12-23(13-8-19)41(38,39)34-21-9-14-25(28)24(16-21)27(29,30)31/h2-16,33-34H,1H3,(H,32,35). The van der Waals surface area contributed by atoms with Crippen molar-refractivity contribution in [1.82, 2.24) is 0 Å². The molecular weight excluding hydrogens is 603 g/mol. The lowest BCUT2D eigenvalue weighted by Crippen LogP contribution is -2.16. The van der Waals surface area contributed by atoms with E-state index < -0.39 is 42.7 Å². The quantitative estimate of drug-likeness (QED) is 0.206. The van der Waals surface area contributed by atoms with Gasteiger partial charge in [-0.15, -0.1) is 0 Å². The molecule has 0 aliphatic rings. The molecule has 8 nitrogen and oxygen atoms in total. The average molecular weight is 624 g/mol. The molecule has 214 valence electrons. The maximum Gasteiger partial charge on any atom is 0.417 e. The Morgan fingerprint density at radius 2 is 1.22 bits per heavy atom. The van der Waals surface area contributed by atoms with E-state index in [4.69, 9.17) is 11.6 Å². The summed E-state index contributed by atoms with van der Waals surface area (Å²) in [6, 6.07) is 19.5. The Bertz CT molecular complexity index is 1810. The summed E-state index contributed by atoms with van der Waals surface area (Å²) in [6.45, 7) is 1.83. The molecule has 0 radical (unpaired) electrons. The predicted molar refractivity (Wildman–Crippen MR) is 150 cm³/mol. The van der Waals surface area contributed by atoms with Crippen LogP contribution in [0.3, 0.4) is 0 Å². The van der Waals surface area contributed by atoms with Crippen molar-refractivity contribution in [2.24, 2.45) is 0 Å². The molecule has 0 aliphatic heterocycles. The van der Waals surface area contributed by atoms with Crippen LogP contribution >= 0.6 is 11.6 Å². The van der Waals surface area contributed by atoms with Crippen molar-refractivity contribution >= 4 is 54.6 Å². The number of alkyl halides is 3. The van der Waals surface area contributed by atoms with Crippen molar-refractivity contribution < 1.29 is 34.8 Å². The number of benzene rings is 4. The number of hydrogen-bond acceptors (Lipinski definition) is 5. The van der Waals surface area contributed by atoms with Crippen LogP contribution in [0.15, 0.2) is 101 Å². The number of anilines is 3. The number of carbonyl (C=O) groups is 1. The third-order valence-corrected chi connectivity index (χ3v) is 8.78. The monoisotopic (exact) mass is 623 g/mol. The molecule has 4 rings (SSSR count). The first-order valence-corrected chi connectivity index (χ1v) is 15.0. The highest BCUT2D eigenvalue weighted by atomic mass is 35.5. The third-order valence-electron chi connectivity index (χ3n) is 5.65. The normalized spacial score (nSPS) is 12.0. The largest absolute Gasteiger partial charge is 0.417 e. The summed E-state index contributed by atoms with van der Waals surface area (Å²) in [6.07, 6.45) is -4.77. The van der Waals surface area contributed by atoms with Crippen molar-refractivity contribution in [3.63, 3.8) is 0 Å². The fraction of sp³-hybridized carbons (Fsp3) is 0.0741. The summed E-state index contributed by atoms with van der Waals surface area (Å²) >= 11 is 5.58. The van der Waals surface area contributed by atoms with E-state index in [2.05, 4.69) is 14.8 Å². The summed E-state index contributed by atoms with van der Waals surface area (Å²) in [7, 11) is -8.16. The number of carbonyl (C=O) groups excluding carboxylic acids is 1. The summed E-state index contributed by atoms with van der Waals surface area (Å²) < 4.78 is 94.6. The first kappa shape index (κ1) is 29.9. The van der Waals surface area contributed by atoms with Gasteiger partial charge in [-0.3, -0.25) is 14.2 Å². The van der Waals surface area contributed by atoms with Crippen LogP contribution in [0.2, 0.25) is 5.02 Å². The van der Waals surface area contributed by atoms with E-state index in [-0.39, 0.29) is 32.4 Å². The zero-order valence-corrected chi connectivity index (χ0v) is 23.4. The maximum atomic E-state index is 13.1. The zero-order valence-electron chi connectivity index (χ0n) is 21.0. The van der Waals surface area contributed by atoms with Crippen LogP contribution in [0.4, 0.5) is 30.2 Å². The highest BCUT2D eigenvalue weighted by molar-refractivity contribution is 7.93. The van der Waals surface area contributed by atoms with Gasteiger partial charge in [-0.25, -0.2) is 16.8 Å². The number of hydrogen-bond donors (Lipinski definition) is 3. The van der Waals surface area contributed by atoms with Crippen LogP contribution in [0.25, 0.3) is 0 Å². The fourth-order valence-corrected chi connectivity index (χ4v) is 5.92. The first-order chi connectivity index (χ1) is 19.1. The highest BCUT2D eigenvalue weighted by Gasteiger charge is 2.33. The molecule has 3 N–H and O–H groups in total. The van der Waals surface area contributed by atoms with Gasteiger partial charge in [-0.05, 0) is 79.7 Å². The Hall–Kier alpha value is -4.07. The summed E-state index contributed by atoms with van der Waals surface area (Å²) in [5, 5.41) is 2.00. The molecule has 0 fully saturated rings. The molecular formula is C27H21ClF3N3O5S2. The van der Waals surface area contributed by atoms with Crippen molar-refractivity contribution in [3.8, 4) is 0 Å². The van der Waals surface area contributed by atoms with E-state index in [1.807, 2.05) is 6.92 Å². The molecule has 0 saturated heterocycles. The van der Waals surface area contributed by atoms with Crippen LogP contribution < -0.4 is 14.8 Å². The van der Waals surface area contributed by atoms with Gasteiger partial charge in [0.2, 0.25) is 0 Å². The van der Waals surface area contributed by atoms with Gasteiger partial charge < -0.3 is 5.32 Å². The van der Waals surface area contributed by atoms with Crippen LogP contribution in [0.5, 0.6) is 0 Å². The van der Waals surface area contributed by atoms with Gasteiger partial charge in [0.1, 0.15) is 0 Å². The SMILES string of the molecule is Cc1ccc(S(=O)(=O)Nc2cccc(C(=O)Nc3ccc(S(=O)(=O)Nc4ccc(Cl)c(C(F)(F)F)c4)cc3)c2)cc1. The smallest absolute Gasteiger partial charge is 0.322 e. The second-order valence-electron chi connectivity index (χ2n) is 8.78. The fourth-order valence-electron chi connectivity index (χ4n) is 3.60. The molecule has 41 heavy (non-hydrogen) atoms. The minimum absolute atomic E-state index is 0.0549. The van der Waals surface area contributed by atoms with E-state index >= 15 is 0 Å². The lowest BCUT2D eigenvalue weighted by atomic mass is 10.2. The molecule has 0 spiro atoms. The maximum absolute atomic E-state index is 13.1. The Morgan fingerprint density at radius 1 is 0.707 bits per heavy atom. The van der Waals surface area contributed by atoms with Crippen molar-refractivity contribution in [1.29, 1.82) is 0 Å². The second kappa shape index (κ2) is 11.4. The zero-order chi connectivity index (χ0) is 30.0. The Kier molecular flexibility index (Phi) is 8.34. The molecule has 0 aliphatic carbocycles. The Balaban J connectivity index is 1.45. The molecule has 0 heterocycles. The van der Waals surface area contributed by atoms with E-state index in [1.165, 1.54) is 48.5 Å². The number of sulfonamides is 2. The molecule has 0 atom stereocenters. The number of aryl methyl sites for hydroxylation is 1. The second-order valence-corrected chi connectivity index (χ2v) is 12.5. The van der Waals surface area contributed by atoms with Crippen LogP contribution in [-0.2, 0) is 26.2 Å². The van der Waals surface area contributed by atoms with Crippen molar-refractivity contribution in [2.75, 3.05) is 14.8 Å². The number of rotatable bonds is 8. The molecule has 4 aromatic rings. The molecule has 0 unspecified atom stereocenters. The average Bonchev–Trinajstić information content (AvgIpc) is 2.89. The lowest BCUT2D eigenvalue weighted by molar-refractivity contribution is -0.137. The minimum atomic E-state index is -4.77. The van der Waals surface area contributed by atoms with Crippen LogP contribution in [0, 0.1) is 6.92 Å². The molecule has 4 aromatic carbocycles. The summed E-state index contributed by atoms with van der Waals surface area (Å²) in [5.41, 5.74) is -0.144. The molecule has 14 heteroatoms. The van der Waals surface area contributed by atoms with Gasteiger partial charge >= 0.3 is 6.18 Å². The topological polar surface area (TPSA) is 121 Å². The van der Waals surface area contributed by atoms with Gasteiger partial charge in [0.25, 0.3) is 26.0 Å². The Morgan fingerprint density at radius 3 is 1.78 bits per heavy atom. The van der Waals surface area contributed by atoms with E-state index in [0.29, 0.717) is 6.07 Å². The number of nitrogens with one attached hydrogen (secondary N) is 3. The van der Waals surface area contributed by atoms with Crippen molar-refractivity contribution in [3.05, 3.63) is 113 Å². The van der Waals surface area contributed by atoms with Gasteiger partial charge in [0.05, 0.1) is 20.4 Å². The molecule has 0 saturated carbocycles. The first-order valence-electron chi connectivity index (χ1n) is 11.6. The number of amides is 1. The summed E-state index contributed by atoms with van der Waals surface area (Å²) in [5.74, 6) is -0.601. The summed E-state index contributed by atoms with van der Waals surface area (Å²) in [4.78, 5) is 12.6. The third kappa shape index (κ3) is 7.37. The van der Waals surface area contributed by atoms with Gasteiger partial charge in [0.15, 0.2) is 0 Å². The van der Waals surface area contributed by atoms with E-state index in [0.717, 1.165) is 29.8 Å². The van der Waals surface area contributed by atoms with Crippen LogP contribution in [0.1, 0.15) is 21.5 Å². The highest BCUT2D eigenvalue weighted by Crippen LogP contribution is 2.36.